The van der Waals surface area contributed by atoms with Crippen molar-refractivity contribution in [2.45, 2.75) is 42.7 Å². The highest BCUT2D eigenvalue weighted by atomic mass is 35.5. The summed E-state index contributed by atoms with van der Waals surface area (Å²) in [5, 5.41) is 3.06. The molecule has 0 amide bonds. The summed E-state index contributed by atoms with van der Waals surface area (Å²) in [5.74, 6) is -4.24. The number of nitrogens with zero attached hydrogens (tertiary/aromatic N) is 1. The van der Waals surface area contributed by atoms with Crippen LogP contribution >= 0.6 is 12.4 Å². The Morgan fingerprint density at radius 1 is 1.37 bits per heavy atom. The lowest BCUT2D eigenvalue weighted by molar-refractivity contribution is -0.168. The Morgan fingerprint density at radius 3 is 2.70 bits per heavy atom. The number of rotatable bonds is 8. The highest BCUT2D eigenvalue weighted by Gasteiger charge is 2.41. The Bertz CT molecular complexity index is 707. The molecule has 1 atom stereocenters. The van der Waals surface area contributed by atoms with Crippen LogP contribution in [-0.2, 0) is 21.4 Å². The number of halogens is 5. The smallest absolute Gasteiger partial charge is 0.330 e. The first-order chi connectivity index (χ1) is 12.2. The molecule has 1 saturated heterocycles. The summed E-state index contributed by atoms with van der Waals surface area (Å²) < 4.78 is 81.5. The molecule has 1 unspecified atom stereocenters. The van der Waals surface area contributed by atoms with Gasteiger partial charge in [-0.3, -0.25) is 0 Å². The van der Waals surface area contributed by atoms with Crippen molar-refractivity contribution in [1.29, 1.82) is 0 Å². The molecule has 1 aliphatic heterocycles. The Labute approximate surface area is 162 Å². The largest absolute Gasteiger partial charge is 0.370 e. The van der Waals surface area contributed by atoms with Gasteiger partial charge in [-0.15, -0.1) is 12.4 Å². The van der Waals surface area contributed by atoms with Gasteiger partial charge in [0.15, 0.2) is 0 Å². The first kappa shape index (κ1) is 24.1. The lowest BCUT2D eigenvalue weighted by Crippen LogP contribution is -2.46. The average Bonchev–Trinajstić information content (AvgIpc) is 2.61. The van der Waals surface area contributed by atoms with Gasteiger partial charge in [0.1, 0.15) is 6.61 Å². The molecule has 0 aliphatic carbocycles. The zero-order chi connectivity index (χ0) is 19.4. The lowest BCUT2D eigenvalue weighted by Gasteiger charge is -2.31. The first-order valence-corrected chi connectivity index (χ1v) is 9.61. The second kappa shape index (κ2) is 10.0. The van der Waals surface area contributed by atoms with Crippen molar-refractivity contribution >= 4 is 22.4 Å². The number of benzene rings is 1. The Hall–Kier alpha value is -0.940. The second-order valence-corrected chi connectivity index (χ2v) is 8.13. The van der Waals surface area contributed by atoms with Gasteiger partial charge in [-0.1, -0.05) is 12.1 Å². The lowest BCUT2D eigenvalue weighted by atomic mass is 10.1. The predicted octanol–water partition coefficient (Wildman–Crippen LogP) is 2.90. The molecule has 1 aliphatic rings. The van der Waals surface area contributed by atoms with Gasteiger partial charge in [0, 0.05) is 19.1 Å². The highest BCUT2D eigenvalue weighted by Crippen LogP contribution is 2.24. The number of alkyl halides is 4. The van der Waals surface area contributed by atoms with Crippen LogP contribution in [0, 0.1) is 0 Å². The molecular formula is C16H23ClF4N2O3S. The fourth-order valence-corrected chi connectivity index (χ4v) is 4.30. The molecule has 0 saturated carbocycles. The Morgan fingerprint density at radius 2 is 2.07 bits per heavy atom. The average molecular weight is 435 g/mol. The normalized spacial score (nSPS) is 19.1. The highest BCUT2D eigenvalue weighted by molar-refractivity contribution is 7.89. The number of piperidine rings is 1. The van der Waals surface area contributed by atoms with Gasteiger partial charge < -0.3 is 10.1 Å². The van der Waals surface area contributed by atoms with E-state index in [0.29, 0.717) is 18.7 Å². The minimum absolute atomic E-state index is 0. The van der Waals surface area contributed by atoms with E-state index in [1.54, 1.807) is 7.05 Å². The SMILES string of the molecule is CNC1CCCN(S(=O)(=O)c2cccc(COCC(F)(F)C(F)F)c2)C1.Cl. The molecule has 27 heavy (non-hydrogen) atoms. The number of hydrogen-bond donors (Lipinski definition) is 1. The third-order valence-corrected chi connectivity index (χ3v) is 6.07. The quantitative estimate of drug-likeness (QED) is 0.639. The molecule has 0 radical (unpaired) electrons. The molecule has 5 nitrogen and oxygen atoms in total. The third-order valence-electron chi connectivity index (χ3n) is 4.21. The summed E-state index contributed by atoms with van der Waals surface area (Å²) in [6.07, 6.45) is -2.20. The number of ether oxygens (including phenoxy) is 1. The summed E-state index contributed by atoms with van der Waals surface area (Å²) in [6, 6.07) is 5.76. The molecular weight excluding hydrogens is 412 g/mol. The standard InChI is InChI=1S/C16H22F4N2O3S.ClH/c1-21-13-5-3-7-22(9-13)26(23,24)14-6-2-4-12(8-14)10-25-11-16(19,20)15(17)18;/h2,4,6,8,13,15,21H,3,5,7,9-11H2,1H3;1H. The van der Waals surface area contributed by atoms with E-state index in [1.165, 1.54) is 28.6 Å². The van der Waals surface area contributed by atoms with Gasteiger partial charge in [0.2, 0.25) is 10.0 Å². The number of likely N-dealkylation sites (N-methyl/N-ethyl adjacent to an activating group) is 1. The molecule has 1 fully saturated rings. The topological polar surface area (TPSA) is 58.6 Å². The van der Waals surface area contributed by atoms with Crippen molar-refractivity contribution in [2.24, 2.45) is 0 Å². The van der Waals surface area contributed by atoms with Gasteiger partial charge >= 0.3 is 12.3 Å². The molecule has 11 heteroatoms. The van der Waals surface area contributed by atoms with Crippen LogP contribution in [-0.4, -0.2) is 57.9 Å². The minimum Gasteiger partial charge on any atom is -0.370 e. The molecule has 0 bridgehead atoms. The van der Waals surface area contributed by atoms with Gasteiger partial charge in [0.25, 0.3) is 0 Å². The van der Waals surface area contributed by atoms with Crippen LogP contribution in [0.5, 0.6) is 0 Å². The fraction of sp³-hybridized carbons (Fsp3) is 0.625. The number of sulfonamides is 1. The van der Waals surface area contributed by atoms with Gasteiger partial charge in [-0.2, -0.15) is 13.1 Å². The molecule has 0 aromatic heterocycles. The Kier molecular flexibility index (Phi) is 8.94. The maximum Gasteiger partial charge on any atom is 0.330 e. The second-order valence-electron chi connectivity index (χ2n) is 6.19. The van der Waals surface area contributed by atoms with E-state index in [-0.39, 0.29) is 30.0 Å². The number of nitrogens with one attached hydrogen (secondary N) is 1. The van der Waals surface area contributed by atoms with E-state index in [9.17, 15) is 26.0 Å². The summed E-state index contributed by atoms with van der Waals surface area (Å²) >= 11 is 0. The molecule has 0 spiro atoms. The van der Waals surface area contributed by atoms with E-state index in [4.69, 9.17) is 0 Å². The summed E-state index contributed by atoms with van der Waals surface area (Å²) in [5.41, 5.74) is 0.318. The molecule has 1 aromatic rings. The molecule has 2 rings (SSSR count). The van der Waals surface area contributed by atoms with Crippen LogP contribution < -0.4 is 5.32 Å². The van der Waals surface area contributed by atoms with Crippen molar-refractivity contribution < 1.29 is 30.7 Å². The van der Waals surface area contributed by atoms with E-state index in [1.807, 2.05) is 0 Å². The van der Waals surface area contributed by atoms with Crippen molar-refractivity contribution in [3.63, 3.8) is 0 Å². The van der Waals surface area contributed by atoms with Gasteiger partial charge in [0.05, 0.1) is 11.5 Å². The number of hydrogen-bond acceptors (Lipinski definition) is 4. The summed E-state index contributed by atoms with van der Waals surface area (Å²) in [7, 11) is -1.95. The molecule has 1 N–H and O–H groups in total. The van der Waals surface area contributed by atoms with E-state index >= 15 is 0 Å². The monoisotopic (exact) mass is 434 g/mol. The minimum atomic E-state index is -4.24. The molecule has 156 valence electrons. The van der Waals surface area contributed by atoms with Crippen molar-refractivity contribution in [3.8, 4) is 0 Å². The van der Waals surface area contributed by atoms with Crippen LogP contribution in [0.25, 0.3) is 0 Å². The van der Waals surface area contributed by atoms with Gasteiger partial charge in [-0.05, 0) is 37.6 Å². The fourth-order valence-electron chi connectivity index (χ4n) is 2.71. The van der Waals surface area contributed by atoms with Crippen LogP contribution in [0.2, 0.25) is 0 Å². The van der Waals surface area contributed by atoms with Crippen molar-refractivity contribution in [1.82, 2.24) is 9.62 Å². The maximum absolute atomic E-state index is 12.8. The maximum atomic E-state index is 12.8. The zero-order valence-corrected chi connectivity index (χ0v) is 16.3. The summed E-state index contributed by atoms with van der Waals surface area (Å²) in [6.45, 7) is -1.07. The Balaban J connectivity index is 0.00000364. The van der Waals surface area contributed by atoms with Crippen LogP contribution in [0.3, 0.4) is 0 Å². The molecule has 1 aromatic carbocycles. The van der Waals surface area contributed by atoms with E-state index in [0.717, 1.165) is 12.8 Å². The van der Waals surface area contributed by atoms with Crippen molar-refractivity contribution in [3.05, 3.63) is 29.8 Å². The van der Waals surface area contributed by atoms with E-state index < -0.39 is 29.0 Å². The predicted molar refractivity (Wildman–Crippen MR) is 95.1 cm³/mol. The van der Waals surface area contributed by atoms with Crippen LogP contribution in [0.15, 0.2) is 29.2 Å². The van der Waals surface area contributed by atoms with Crippen molar-refractivity contribution in [2.75, 3.05) is 26.7 Å². The first-order valence-electron chi connectivity index (χ1n) is 8.17. The van der Waals surface area contributed by atoms with Gasteiger partial charge in [-0.25, -0.2) is 17.2 Å². The van der Waals surface area contributed by atoms with Crippen LogP contribution in [0.4, 0.5) is 17.6 Å². The third kappa shape index (κ3) is 6.28. The van der Waals surface area contributed by atoms with E-state index in [2.05, 4.69) is 10.1 Å². The zero-order valence-electron chi connectivity index (χ0n) is 14.7. The van der Waals surface area contributed by atoms with Crippen LogP contribution in [0.1, 0.15) is 18.4 Å². The molecule has 1 heterocycles. The summed E-state index contributed by atoms with van der Waals surface area (Å²) in [4.78, 5) is 0.0240.